The minimum absolute atomic E-state index is 0.595. The van der Waals surface area contributed by atoms with Crippen LogP contribution in [0.3, 0.4) is 0 Å². The molecule has 0 N–H and O–H groups in total. The van der Waals surface area contributed by atoms with Crippen molar-refractivity contribution in [1.29, 1.82) is 0 Å². The van der Waals surface area contributed by atoms with Crippen molar-refractivity contribution in [3.05, 3.63) is 84.7 Å². The van der Waals surface area contributed by atoms with Gasteiger partial charge < -0.3 is 4.74 Å². The summed E-state index contributed by atoms with van der Waals surface area (Å²) < 4.78 is 7.89. The smallest absolute Gasteiger partial charge is 0.196 e. The van der Waals surface area contributed by atoms with E-state index in [1.54, 1.807) is 24.2 Å². The van der Waals surface area contributed by atoms with Crippen molar-refractivity contribution in [3.63, 3.8) is 0 Å². The van der Waals surface area contributed by atoms with Crippen molar-refractivity contribution >= 4 is 11.8 Å². The van der Waals surface area contributed by atoms with Gasteiger partial charge in [-0.05, 0) is 43.3 Å². The van der Waals surface area contributed by atoms with Gasteiger partial charge in [-0.1, -0.05) is 47.7 Å². The molecule has 0 aliphatic carbocycles. The predicted molar refractivity (Wildman–Crippen MR) is 112 cm³/mol. The summed E-state index contributed by atoms with van der Waals surface area (Å²) in [7, 11) is 0. The Hall–Kier alpha value is -3.12. The molecule has 6 heteroatoms. The highest BCUT2D eigenvalue weighted by molar-refractivity contribution is 7.99. The first kappa shape index (κ1) is 18.3. The number of nitrogens with zero attached hydrogens (tertiary/aromatic N) is 4. The number of aryl methyl sites for hydroxylation is 1. The molecule has 0 amide bonds. The monoisotopic (exact) mass is 388 g/mol. The maximum Gasteiger partial charge on any atom is 0.196 e. The van der Waals surface area contributed by atoms with Crippen molar-refractivity contribution < 1.29 is 4.74 Å². The van der Waals surface area contributed by atoms with E-state index < -0.39 is 0 Å². The number of pyridine rings is 1. The first-order valence-electron chi connectivity index (χ1n) is 9.05. The lowest BCUT2D eigenvalue weighted by Gasteiger charge is -2.10. The molecule has 0 spiro atoms. The summed E-state index contributed by atoms with van der Waals surface area (Å²) >= 11 is 1.62. The number of hydrogen-bond acceptors (Lipinski definition) is 5. The molecule has 0 fully saturated rings. The molecule has 4 rings (SSSR count). The molecule has 0 unspecified atom stereocenters. The van der Waals surface area contributed by atoms with Crippen molar-refractivity contribution in [3.8, 4) is 22.8 Å². The zero-order valence-corrected chi connectivity index (χ0v) is 16.3. The second-order valence-electron chi connectivity index (χ2n) is 6.23. The van der Waals surface area contributed by atoms with Crippen LogP contribution in [-0.4, -0.2) is 32.1 Å². The topological polar surface area (TPSA) is 52.8 Å². The Morgan fingerprint density at radius 1 is 0.929 bits per heavy atom. The number of ether oxygens (including phenoxy) is 1. The van der Waals surface area contributed by atoms with Crippen LogP contribution in [0.4, 0.5) is 0 Å². The Labute approximate surface area is 168 Å². The summed E-state index contributed by atoms with van der Waals surface area (Å²) in [6.45, 7) is 2.66. The Bertz CT molecular complexity index is 1020. The van der Waals surface area contributed by atoms with Gasteiger partial charge in [-0.25, -0.2) is 0 Å². The fraction of sp³-hybridized carbons (Fsp3) is 0.136. The van der Waals surface area contributed by atoms with Crippen LogP contribution >= 0.6 is 11.8 Å². The van der Waals surface area contributed by atoms with Crippen LogP contribution < -0.4 is 4.74 Å². The fourth-order valence-electron chi connectivity index (χ4n) is 2.78. The van der Waals surface area contributed by atoms with Gasteiger partial charge in [-0.15, -0.1) is 10.2 Å². The van der Waals surface area contributed by atoms with E-state index in [2.05, 4.69) is 50.9 Å². The van der Waals surface area contributed by atoms with E-state index in [1.807, 2.05) is 42.5 Å². The summed E-state index contributed by atoms with van der Waals surface area (Å²) in [6, 6.07) is 22.1. The third-order valence-corrected chi connectivity index (χ3v) is 5.06. The summed E-state index contributed by atoms with van der Waals surface area (Å²) in [5.74, 6) is 2.43. The van der Waals surface area contributed by atoms with Crippen LogP contribution in [0.25, 0.3) is 17.1 Å². The summed E-state index contributed by atoms with van der Waals surface area (Å²) in [5, 5.41) is 9.67. The van der Waals surface area contributed by atoms with Crippen LogP contribution in [0.5, 0.6) is 5.75 Å². The average molecular weight is 388 g/mol. The van der Waals surface area contributed by atoms with E-state index in [-0.39, 0.29) is 0 Å². The summed E-state index contributed by atoms with van der Waals surface area (Å²) in [4.78, 5) is 4.21. The second-order valence-corrected chi connectivity index (χ2v) is 7.29. The predicted octanol–water partition coefficient (Wildman–Crippen LogP) is 4.81. The SMILES string of the molecule is Cc1ccc(OCCSc2nnc(-c3cccnc3)n2-c2ccccc2)cc1. The second kappa shape index (κ2) is 8.71. The quantitative estimate of drug-likeness (QED) is 0.336. The molecule has 28 heavy (non-hydrogen) atoms. The van der Waals surface area contributed by atoms with Gasteiger partial charge in [-0.3, -0.25) is 9.55 Å². The molecular formula is C22H20N4OS. The molecule has 0 atom stereocenters. The van der Waals surface area contributed by atoms with E-state index >= 15 is 0 Å². The largest absolute Gasteiger partial charge is 0.493 e. The number of benzene rings is 2. The molecule has 5 nitrogen and oxygen atoms in total. The Morgan fingerprint density at radius 3 is 2.50 bits per heavy atom. The van der Waals surface area contributed by atoms with Crippen LogP contribution in [0.15, 0.2) is 84.3 Å². The standard InChI is InChI=1S/C22H20N4OS/c1-17-9-11-20(12-10-17)27-14-15-28-22-25-24-21(18-6-5-13-23-16-18)26(22)19-7-3-2-4-8-19/h2-13,16H,14-15H2,1H3. The van der Waals surface area contributed by atoms with E-state index in [0.29, 0.717) is 6.61 Å². The molecule has 2 aromatic carbocycles. The normalized spacial score (nSPS) is 10.8. The van der Waals surface area contributed by atoms with Gasteiger partial charge in [0.05, 0.1) is 6.61 Å². The lowest BCUT2D eigenvalue weighted by atomic mass is 10.2. The molecule has 0 saturated carbocycles. The zero-order valence-electron chi connectivity index (χ0n) is 15.5. The van der Waals surface area contributed by atoms with Gasteiger partial charge in [0.15, 0.2) is 11.0 Å². The van der Waals surface area contributed by atoms with Gasteiger partial charge in [0, 0.05) is 29.4 Å². The van der Waals surface area contributed by atoms with Crippen LogP contribution in [0.1, 0.15) is 5.56 Å². The first-order valence-corrected chi connectivity index (χ1v) is 10.0. The average Bonchev–Trinajstić information content (AvgIpc) is 3.18. The van der Waals surface area contributed by atoms with Gasteiger partial charge in [-0.2, -0.15) is 0 Å². The van der Waals surface area contributed by atoms with E-state index in [0.717, 1.165) is 33.7 Å². The molecule has 4 aromatic rings. The van der Waals surface area contributed by atoms with E-state index in [4.69, 9.17) is 4.74 Å². The van der Waals surface area contributed by atoms with Gasteiger partial charge in [0.1, 0.15) is 5.75 Å². The lowest BCUT2D eigenvalue weighted by molar-refractivity contribution is 0.344. The Kier molecular flexibility index (Phi) is 5.68. The molecule has 2 aromatic heterocycles. The zero-order chi connectivity index (χ0) is 19.2. The molecule has 0 bridgehead atoms. The number of hydrogen-bond donors (Lipinski definition) is 0. The fourth-order valence-corrected chi connectivity index (χ4v) is 3.55. The van der Waals surface area contributed by atoms with Gasteiger partial charge >= 0.3 is 0 Å². The Morgan fingerprint density at radius 2 is 1.75 bits per heavy atom. The highest BCUT2D eigenvalue weighted by atomic mass is 32.2. The van der Waals surface area contributed by atoms with Crippen LogP contribution in [0, 0.1) is 6.92 Å². The minimum Gasteiger partial charge on any atom is -0.493 e. The third-order valence-electron chi connectivity index (χ3n) is 4.17. The summed E-state index contributed by atoms with van der Waals surface area (Å²) in [6.07, 6.45) is 3.56. The lowest BCUT2D eigenvalue weighted by Crippen LogP contribution is -2.03. The van der Waals surface area contributed by atoms with Crippen molar-refractivity contribution in [1.82, 2.24) is 19.7 Å². The van der Waals surface area contributed by atoms with Gasteiger partial charge in [0.2, 0.25) is 0 Å². The van der Waals surface area contributed by atoms with Crippen molar-refractivity contribution in [2.45, 2.75) is 12.1 Å². The van der Waals surface area contributed by atoms with Crippen molar-refractivity contribution in [2.75, 3.05) is 12.4 Å². The molecule has 140 valence electrons. The van der Waals surface area contributed by atoms with E-state index in [9.17, 15) is 0 Å². The van der Waals surface area contributed by atoms with Crippen LogP contribution in [0.2, 0.25) is 0 Å². The van der Waals surface area contributed by atoms with Crippen molar-refractivity contribution in [2.24, 2.45) is 0 Å². The third kappa shape index (κ3) is 4.23. The maximum atomic E-state index is 5.83. The molecule has 0 saturated heterocycles. The highest BCUT2D eigenvalue weighted by Gasteiger charge is 2.16. The number of rotatable bonds is 7. The molecule has 0 aliphatic heterocycles. The molecular weight excluding hydrogens is 368 g/mol. The molecule has 0 aliphatic rings. The molecule has 2 heterocycles. The summed E-state index contributed by atoms with van der Waals surface area (Å²) in [5.41, 5.74) is 3.18. The number of para-hydroxylation sites is 1. The maximum absolute atomic E-state index is 5.83. The van der Waals surface area contributed by atoms with Crippen LogP contribution in [-0.2, 0) is 0 Å². The van der Waals surface area contributed by atoms with E-state index in [1.165, 1.54) is 5.56 Å². The minimum atomic E-state index is 0.595. The number of aromatic nitrogens is 4. The molecule has 0 radical (unpaired) electrons. The van der Waals surface area contributed by atoms with Gasteiger partial charge in [0.25, 0.3) is 0 Å². The Balaban J connectivity index is 1.52. The highest BCUT2D eigenvalue weighted by Crippen LogP contribution is 2.27. The first-order chi connectivity index (χ1) is 13.8. The number of thioether (sulfide) groups is 1.